The van der Waals surface area contributed by atoms with Gasteiger partial charge in [0.25, 0.3) is 0 Å². The lowest BCUT2D eigenvalue weighted by atomic mass is 10.0. The molecule has 98 valence electrons. The molecule has 2 bridgehead atoms. The minimum absolute atomic E-state index is 0.647. The lowest BCUT2D eigenvalue weighted by molar-refractivity contribution is 0.456. The van der Waals surface area contributed by atoms with E-state index in [1.807, 2.05) is 23.0 Å². The van der Waals surface area contributed by atoms with Crippen LogP contribution in [0.25, 0.3) is 5.65 Å². The lowest BCUT2D eigenvalue weighted by Gasteiger charge is -2.12. The van der Waals surface area contributed by atoms with Crippen LogP contribution in [0.5, 0.6) is 0 Å². The summed E-state index contributed by atoms with van der Waals surface area (Å²) in [6, 6.07) is 0.647. The SMILES string of the molecule is Brc1cn2ccnc2c(NC2C3C4CCC(C4)C23)n1. The van der Waals surface area contributed by atoms with Gasteiger partial charge in [0.15, 0.2) is 11.5 Å². The Bertz CT molecular complexity index is 651. The zero-order valence-electron chi connectivity index (χ0n) is 10.5. The highest BCUT2D eigenvalue weighted by atomic mass is 79.9. The summed E-state index contributed by atoms with van der Waals surface area (Å²) in [7, 11) is 0. The lowest BCUT2D eigenvalue weighted by Crippen LogP contribution is -2.14. The van der Waals surface area contributed by atoms with E-state index in [4.69, 9.17) is 0 Å². The summed E-state index contributed by atoms with van der Waals surface area (Å²) >= 11 is 3.48. The first-order valence-electron chi connectivity index (χ1n) is 7.07. The van der Waals surface area contributed by atoms with E-state index in [-0.39, 0.29) is 0 Å². The number of aromatic nitrogens is 3. The van der Waals surface area contributed by atoms with Crippen LogP contribution in [0, 0.1) is 23.7 Å². The van der Waals surface area contributed by atoms with Crippen molar-refractivity contribution in [3.63, 3.8) is 0 Å². The van der Waals surface area contributed by atoms with Gasteiger partial charge in [-0.25, -0.2) is 9.97 Å². The number of hydrogen-bond acceptors (Lipinski definition) is 3. The van der Waals surface area contributed by atoms with E-state index in [2.05, 4.69) is 31.2 Å². The molecule has 3 aliphatic carbocycles. The standard InChI is InChI=1S/C14H15BrN4/c15-9-6-19-4-3-16-14(19)13(17-9)18-12-10-7-1-2-8(5-7)11(10)12/h3-4,6-8,10-12H,1-2,5H2,(H,17,18). The molecular weight excluding hydrogens is 304 g/mol. The maximum atomic E-state index is 4.57. The van der Waals surface area contributed by atoms with E-state index in [0.717, 1.165) is 39.7 Å². The molecule has 2 heterocycles. The molecule has 3 aliphatic rings. The Balaban J connectivity index is 1.49. The first kappa shape index (κ1) is 10.7. The number of rotatable bonds is 2. The number of imidazole rings is 1. The fourth-order valence-corrected chi connectivity index (χ4v) is 5.07. The minimum Gasteiger partial charge on any atom is -0.364 e. The molecule has 0 aliphatic heterocycles. The van der Waals surface area contributed by atoms with Gasteiger partial charge in [0.05, 0.1) is 0 Å². The second-order valence-corrected chi connectivity index (χ2v) is 7.04. The maximum absolute atomic E-state index is 4.57. The van der Waals surface area contributed by atoms with Crippen LogP contribution in [-0.2, 0) is 0 Å². The Labute approximate surface area is 119 Å². The Morgan fingerprint density at radius 2 is 2.05 bits per heavy atom. The number of halogens is 1. The van der Waals surface area contributed by atoms with Gasteiger partial charge < -0.3 is 9.72 Å². The van der Waals surface area contributed by atoms with Gasteiger partial charge in [0.2, 0.25) is 0 Å². The van der Waals surface area contributed by atoms with Crippen LogP contribution in [0.1, 0.15) is 19.3 Å². The monoisotopic (exact) mass is 318 g/mol. The second kappa shape index (κ2) is 3.51. The molecule has 5 heteroatoms. The summed E-state index contributed by atoms with van der Waals surface area (Å²) in [6.07, 6.45) is 10.1. The number of anilines is 1. The molecular formula is C14H15BrN4. The number of nitrogens with one attached hydrogen (secondary N) is 1. The van der Waals surface area contributed by atoms with Crippen molar-refractivity contribution >= 4 is 27.4 Å². The quantitative estimate of drug-likeness (QED) is 0.925. The van der Waals surface area contributed by atoms with Crippen molar-refractivity contribution in [2.45, 2.75) is 25.3 Å². The van der Waals surface area contributed by atoms with Crippen LogP contribution in [-0.4, -0.2) is 20.4 Å². The summed E-state index contributed by atoms with van der Waals surface area (Å²) in [6.45, 7) is 0. The Morgan fingerprint density at radius 3 is 2.84 bits per heavy atom. The van der Waals surface area contributed by atoms with Crippen LogP contribution < -0.4 is 5.32 Å². The maximum Gasteiger partial charge on any atom is 0.180 e. The second-order valence-electron chi connectivity index (χ2n) is 6.23. The summed E-state index contributed by atoms with van der Waals surface area (Å²) < 4.78 is 2.88. The van der Waals surface area contributed by atoms with Gasteiger partial charge in [-0.1, -0.05) is 0 Å². The van der Waals surface area contributed by atoms with Crippen molar-refractivity contribution < 1.29 is 0 Å². The van der Waals surface area contributed by atoms with Crippen molar-refractivity contribution in [1.82, 2.24) is 14.4 Å². The van der Waals surface area contributed by atoms with E-state index in [1.165, 1.54) is 19.3 Å². The fraction of sp³-hybridized carbons (Fsp3) is 0.571. The number of fused-ring (bicyclic) bond motifs is 6. The molecule has 1 N–H and O–H groups in total. The van der Waals surface area contributed by atoms with Gasteiger partial charge in [-0.2, -0.15) is 0 Å². The van der Waals surface area contributed by atoms with Gasteiger partial charge in [0.1, 0.15) is 4.60 Å². The molecule has 0 saturated heterocycles. The molecule has 4 unspecified atom stereocenters. The first-order chi connectivity index (χ1) is 9.31. The van der Waals surface area contributed by atoms with E-state index in [9.17, 15) is 0 Å². The fourth-order valence-electron chi connectivity index (χ4n) is 4.67. The van der Waals surface area contributed by atoms with Crippen LogP contribution >= 0.6 is 15.9 Å². The summed E-state index contributed by atoms with van der Waals surface area (Å²) in [4.78, 5) is 8.98. The van der Waals surface area contributed by atoms with Gasteiger partial charge in [-0.3, -0.25) is 0 Å². The molecule has 0 aromatic carbocycles. The molecule has 0 amide bonds. The van der Waals surface area contributed by atoms with Gasteiger partial charge in [-0.15, -0.1) is 0 Å². The average Bonchev–Trinajstić information content (AvgIpc) is 2.81. The van der Waals surface area contributed by atoms with Gasteiger partial charge in [0, 0.05) is 24.6 Å². The van der Waals surface area contributed by atoms with Crippen molar-refractivity contribution in [3.8, 4) is 0 Å². The number of nitrogens with zero attached hydrogens (tertiary/aromatic N) is 3. The molecule has 4 atom stereocenters. The van der Waals surface area contributed by atoms with Crippen LogP contribution in [0.4, 0.5) is 5.82 Å². The topological polar surface area (TPSA) is 42.2 Å². The summed E-state index contributed by atoms with van der Waals surface area (Å²) in [5, 5.41) is 3.66. The van der Waals surface area contributed by atoms with E-state index in [0.29, 0.717) is 6.04 Å². The van der Waals surface area contributed by atoms with Crippen molar-refractivity contribution in [1.29, 1.82) is 0 Å². The van der Waals surface area contributed by atoms with Crippen LogP contribution in [0.15, 0.2) is 23.2 Å². The molecule has 3 fully saturated rings. The molecule has 4 nitrogen and oxygen atoms in total. The minimum atomic E-state index is 0.647. The third-order valence-corrected chi connectivity index (χ3v) is 5.77. The Hall–Kier alpha value is -1.10. The zero-order chi connectivity index (χ0) is 12.6. The highest BCUT2D eigenvalue weighted by Gasteiger charge is 2.65. The third kappa shape index (κ3) is 1.39. The van der Waals surface area contributed by atoms with Crippen molar-refractivity contribution in [3.05, 3.63) is 23.2 Å². The van der Waals surface area contributed by atoms with Crippen LogP contribution in [0.2, 0.25) is 0 Å². The van der Waals surface area contributed by atoms with E-state index in [1.54, 1.807) is 0 Å². The summed E-state index contributed by atoms with van der Waals surface area (Å²) in [5.74, 6) is 4.72. The van der Waals surface area contributed by atoms with Crippen molar-refractivity contribution in [2.24, 2.45) is 23.7 Å². The highest BCUT2D eigenvalue weighted by molar-refractivity contribution is 9.10. The molecule has 19 heavy (non-hydrogen) atoms. The largest absolute Gasteiger partial charge is 0.364 e. The molecule has 0 radical (unpaired) electrons. The number of hydrogen-bond donors (Lipinski definition) is 1. The predicted molar refractivity (Wildman–Crippen MR) is 75.9 cm³/mol. The van der Waals surface area contributed by atoms with Gasteiger partial charge >= 0.3 is 0 Å². The molecule has 3 saturated carbocycles. The summed E-state index contributed by atoms with van der Waals surface area (Å²) in [5.41, 5.74) is 0.931. The van der Waals surface area contributed by atoms with Crippen LogP contribution in [0.3, 0.4) is 0 Å². The zero-order valence-corrected chi connectivity index (χ0v) is 12.0. The van der Waals surface area contributed by atoms with E-state index >= 15 is 0 Å². The Morgan fingerprint density at radius 1 is 1.26 bits per heavy atom. The average molecular weight is 319 g/mol. The molecule has 5 rings (SSSR count). The van der Waals surface area contributed by atoms with E-state index < -0.39 is 0 Å². The Kier molecular flexibility index (Phi) is 1.97. The highest BCUT2D eigenvalue weighted by Crippen LogP contribution is 2.66. The third-order valence-electron chi connectivity index (χ3n) is 5.38. The smallest absolute Gasteiger partial charge is 0.180 e. The van der Waals surface area contributed by atoms with Gasteiger partial charge in [-0.05, 0) is 58.9 Å². The normalized spacial score (nSPS) is 38.7. The molecule has 2 aromatic rings. The molecule has 2 aromatic heterocycles. The first-order valence-corrected chi connectivity index (χ1v) is 7.86. The van der Waals surface area contributed by atoms with Crippen molar-refractivity contribution in [2.75, 3.05) is 5.32 Å². The predicted octanol–water partition coefficient (Wildman–Crippen LogP) is 2.95. The molecule has 0 spiro atoms.